The van der Waals surface area contributed by atoms with E-state index in [2.05, 4.69) is 22.9 Å². The number of aryl methyl sites for hydroxylation is 1. The Hall–Kier alpha value is -2.88. The third kappa shape index (κ3) is 9.18. The highest BCUT2D eigenvalue weighted by molar-refractivity contribution is 8.01. The van der Waals surface area contributed by atoms with Crippen LogP contribution in [0.25, 0.3) is 0 Å². The van der Waals surface area contributed by atoms with E-state index in [-0.39, 0.29) is 48.3 Å². The highest BCUT2D eigenvalue weighted by Crippen LogP contribution is 2.28. The molecule has 0 saturated carbocycles. The van der Waals surface area contributed by atoms with Crippen LogP contribution in [0, 0.1) is 5.92 Å². The number of thioether (sulfide) groups is 1. The van der Waals surface area contributed by atoms with E-state index in [1.807, 2.05) is 38.1 Å². The van der Waals surface area contributed by atoms with Gasteiger partial charge in [-0.05, 0) is 42.2 Å². The van der Waals surface area contributed by atoms with Gasteiger partial charge in [-0.1, -0.05) is 53.2 Å². The van der Waals surface area contributed by atoms with E-state index in [0.717, 1.165) is 17.7 Å². The maximum Gasteiger partial charge on any atom is 0.246 e. The molecule has 0 aliphatic carbocycles. The number of hydrogen-bond donors (Lipinski definition) is 3. The van der Waals surface area contributed by atoms with Crippen molar-refractivity contribution in [2.75, 3.05) is 11.9 Å². The lowest BCUT2D eigenvalue weighted by molar-refractivity contribution is -0.139. The van der Waals surface area contributed by atoms with Crippen LogP contribution in [0.4, 0.5) is 5.69 Å². The number of nitrogens with zero attached hydrogens (tertiary/aromatic N) is 1. The normalized spacial score (nSPS) is 17.2. The number of nitrogens with one attached hydrogen (secondary N) is 3. The first kappa shape index (κ1) is 30.3. The second kappa shape index (κ2) is 14.2. The second-order valence-corrected chi connectivity index (χ2v) is 11.8. The number of benzene rings is 1. The molecular weight excluding hydrogens is 492 g/mol. The number of amides is 5. The minimum absolute atomic E-state index is 0.0268. The molecule has 37 heavy (non-hydrogen) atoms. The van der Waals surface area contributed by atoms with Gasteiger partial charge < -0.3 is 16.0 Å². The SMILES string of the molecule is CCCc1ccc(NC(=O)[C@H](C)NC(=O)[C@@H](NC(=O)CCN2C(=O)CC(SC(C)C)C2=O)C(C)C)cc1. The quantitative estimate of drug-likeness (QED) is 0.336. The lowest BCUT2D eigenvalue weighted by Gasteiger charge is -2.24. The zero-order chi connectivity index (χ0) is 27.7. The van der Waals surface area contributed by atoms with Gasteiger partial charge in [-0.2, -0.15) is 0 Å². The molecule has 1 unspecified atom stereocenters. The number of hydrogen-bond acceptors (Lipinski definition) is 6. The zero-order valence-corrected chi connectivity index (χ0v) is 23.4. The van der Waals surface area contributed by atoms with Gasteiger partial charge in [0.2, 0.25) is 29.5 Å². The summed E-state index contributed by atoms with van der Waals surface area (Å²) >= 11 is 1.44. The lowest BCUT2D eigenvalue weighted by atomic mass is 10.0. The van der Waals surface area contributed by atoms with Gasteiger partial charge in [0.15, 0.2) is 0 Å². The highest BCUT2D eigenvalue weighted by atomic mass is 32.2. The fourth-order valence-electron chi connectivity index (χ4n) is 3.98. The number of likely N-dealkylation sites (tertiary alicyclic amines) is 1. The molecule has 3 atom stereocenters. The standard InChI is InChI=1S/C27H40N4O5S/c1-7-8-19-9-11-20(12-10-19)29-25(34)18(6)28-26(35)24(16(2)3)30-22(32)13-14-31-23(33)15-21(27(31)36)37-17(4)5/h9-12,16-18,21,24H,7-8,13-15H2,1-6H3,(H,28,35)(H,29,34)(H,30,32)/t18-,21?,24-/m0/s1. The van der Waals surface area contributed by atoms with Gasteiger partial charge in [0, 0.05) is 25.1 Å². The Bertz CT molecular complexity index is 980. The zero-order valence-electron chi connectivity index (χ0n) is 22.6. The molecule has 1 aliphatic rings. The smallest absolute Gasteiger partial charge is 0.246 e. The summed E-state index contributed by atoms with van der Waals surface area (Å²) in [7, 11) is 0. The van der Waals surface area contributed by atoms with Crippen molar-refractivity contribution in [1.29, 1.82) is 0 Å². The van der Waals surface area contributed by atoms with Gasteiger partial charge in [-0.3, -0.25) is 28.9 Å². The number of imide groups is 1. The fraction of sp³-hybridized carbons (Fsp3) is 0.593. The average molecular weight is 533 g/mol. The Morgan fingerprint density at radius 3 is 2.22 bits per heavy atom. The van der Waals surface area contributed by atoms with Crippen molar-refractivity contribution in [1.82, 2.24) is 15.5 Å². The van der Waals surface area contributed by atoms with Gasteiger partial charge in [-0.15, -0.1) is 11.8 Å². The van der Waals surface area contributed by atoms with Crippen LogP contribution < -0.4 is 16.0 Å². The predicted molar refractivity (Wildman–Crippen MR) is 146 cm³/mol. The molecule has 1 fully saturated rings. The molecule has 1 heterocycles. The second-order valence-electron chi connectivity index (χ2n) is 9.97. The van der Waals surface area contributed by atoms with Crippen LogP contribution in [0.1, 0.15) is 66.4 Å². The predicted octanol–water partition coefficient (Wildman–Crippen LogP) is 2.88. The molecule has 0 spiro atoms. The number of anilines is 1. The van der Waals surface area contributed by atoms with E-state index in [9.17, 15) is 24.0 Å². The van der Waals surface area contributed by atoms with E-state index >= 15 is 0 Å². The average Bonchev–Trinajstić information content (AvgIpc) is 3.08. The van der Waals surface area contributed by atoms with E-state index < -0.39 is 29.1 Å². The largest absolute Gasteiger partial charge is 0.344 e. The molecule has 0 aromatic heterocycles. The van der Waals surface area contributed by atoms with Crippen molar-refractivity contribution in [2.24, 2.45) is 5.92 Å². The third-order valence-corrected chi connectivity index (χ3v) is 7.22. The summed E-state index contributed by atoms with van der Waals surface area (Å²) in [4.78, 5) is 64.0. The monoisotopic (exact) mass is 532 g/mol. The molecule has 10 heteroatoms. The molecule has 204 valence electrons. The van der Waals surface area contributed by atoms with E-state index in [4.69, 9.17) is 0 Å². The molecule has 1 saturated heterocycles. The van der Waals surface area contributed by atoms with Crippen LogP contribution in [0.15, 0.2) is 24.3 Å². The Morgan fingerprint density at radius 1 is 1.00 bits per heavy atom. The Kier molecular flexibility index (Phi) is 11.6. The van der Waals surface area contributed by atoms with Gasteiger partial charge >= 0.3 is 0 Å². The van der Waals surface area contributed by atoms with E-state index in [0.29, 0.717) is 5.69 Å². The van der Waals surface area contributed by atoms with Crippen LogP contribution in [0.5, 0.6) is 0 Å². The topological polar surface area (TPSA) is 125 Å². The highest BCUT2D eigenvalue weighted by Gasteiger charge is 2.39. The van der Waals surface area contributed by atoms with Crippen molar-refractivity contribution in [3.8, 4) is 0 Å². The summed E-state index contributed by atoms with van der Waals surface area (Å²) in [5, 5.41) is 7.95. The molecule has 0 radical (unpaired) electrons. The molecule has 1 aliphatic heterocycles. The first-order valence-electron chi connectivity index (χ1n) is 12.9. The first-order valence-corrected chi connectivity index (χ1v) is 13.9. The minimum Gasteiger partial charge on any atom is -0.344 e. The maximum absolute atomic E-state index is 12.9. The Balaban J connectivity index is 1.88. The molecule has 0 bridgehead atoms. The Morgan fingerprint density at radius 2 is 1.65 bits per heavy atom. The van der Waals surface area contributed by atoms with Gasteiger partial charge in [0.1, 0.15) is 12.1 Å². The van der Waals surface area contributed by atoms with Crippen molar-refractivity contribution in [3.05, 3.63) is 29.8 Å². The van der Waals surface area contributed by atoms with Crippen LogP contribution >= 0.6 is 11.8 Å². The summed E-state index contributed by atoms with van der Waals surface area (Å²) < 4.78 is 0. The summed E-state index contributed by atoms with van der Waals surface area (Å²) in [6.07, 6.45) is 2.04. The number of rotatable bonds is 13. The molecule has 9 nitrogen and oxygen atoms in total. The van der Waals surface area contributed by atoms with Crippen molar-refractivity contribution in [3.63, 3.8) is 0 Å². The summed E-state index contributed by atoms with van der Waals surface area (Å²) in [6, 6.07) is 5.88. The lowest BCUT2D eigenvalue weighted by Crippen LogP contribution is -2.54. The third-order valence-electron chi connectivity index (χ3n) is 5.98. The minimum atomic E-state index is -0.870. The van der Waals surface area contributed by atoms with Gasteiger partial charge in [-0.25, -0.2) is 0 Å². The van der Waals surface area contributed by atoms with Crippen molar-refractivity contribution >= 4 is 47.0 Å². The van der Waals surface area contributed by atoms with Crippen molar-refractivity contribution < 1.29 is 24.0 Å². The summed E-state index contributed by atoms with van der Waals surface area (Å²) in [5.74, 6) is -2.09. The van der Waals surface area contributed by atoms with Crippen LogP contribution in [0.3, 0.4) is 0 Å². The van der Waals surface area contributed by atoms with Crippen LogP contribution in [-0.2, 0) is 30.4 Å². The molecular formula is C27H40N4O5S. The van der Waals surface area contributed by atoms with Gasteiger partial charge in [0.05, 0.1) is 5.25 Å². The summed E-state index contributed by atoms with van der Waals surface area (Å²) in [6.45, 7) is 11.2. The number of carbonyl (C=O) groups is 5. The molecule has 1 aromatic carbocycles. The Labute approximate surface area is 223 Å². The van der Waals surface area contributed by atoms with Gasteiger partial charge in [0.25, 0.3) is 0 Å². The van der Waals surface area contributed by atoms with E-state index in [1.54, 1.807) is 20.8 Å². The maximum atomic E-state index is 12.9. The van der Waals surface area contributed by atoms with Crippen LogP contribution in [-0.4, -0.2) is 63.6 Å². The fourth-order valence-corrected chi connectivity index (χ4v) is 5.12. The molecule has 2 rings (SSSR count). The van der Waals surface area contributed by atoms with Crippen molar-refractivity contribution in [2.45, 2.75) is 89.8 Å². The first-order chi connectivity index (χ1) is 17.4. The van der Waals surface area contributed by atoms with E-state index in [1.165, 1.54) is 17.3 Å². The summed E-state index contributed by atoms with van der Waals surface area (Å²) in [5.41, 5.74) is 1.82. The van der Waals surface area contributed by atoms with Crippen LogP contribution in [0.2, 0.25) is 0 Å². The molecule has 5 amide bonds. The number of carbonyl (C=O) groups excluding carboxylic acids is 5. The molecule has 3 N–H and O–H groups in total. The molecule has 1 aromatic rings.